The van der Waals surface area contributed by atoms with E-state index in [0.717, 1.165) is 43.6 Å². The average molecular weight is 408 g/mol. The Labute approximate surface area is 167 Å². The summed E-state index contributed by atoms with van der Waals surface area (Å²) >= 11 is 0. The highest BCUT2D eigenvalue weighted by atomic mass is 19.4. The molecule has 0 atom stereocenters. The van der Waals surface area contributed by atoms with Gasteiger partial charge in [-0.05, 0) is 54.8 Å². The summed E-state index contributed by atoms with van der Waals surface area (Å²) in [6.45, 7) is 3.85. The molecule has 0 unspecified atom stereocenters. The van der Waals surface area contributed by atoms with E-state index in [1.54, 1.807) is 24.0 Å². The number of amides is 1. The second-order valence-corrected chi connectivity index (χ2v) is 7.30. The van der Waals surface area contributed by atoms with Crippen molar-refractivity contribution < 1.29 is 22.4 Å². The Balaban J connectivity index is 1.62. The molecule has 156 valence electrons. The first kappa shape index (κ1) is 21.3. The number of alkyl halides is 3. The Morgan fingerprint density at radius 2 is 1.62 bits per heavy atom. The normalized spacial score (nSPS) is 16.0. The number of carbonyl (C=O) groups is 1. The van der Waals surface area contributed by atoms with Crippen molar-refractivity contribution in [3.05, 3.63) is 65.5 Å². The first-order chi connectivity index (χ1) is 13.8. The van der Waals surface area contributed by atoms with Gasteiger partial charge in [0.05, 0.1) is 5.56 Å². The fraction of sp³-hybridized carbons (Fsp3) is 0.409. The van der Waals surface area contributed by atoms with Crippen LogP contribution in [0.25, 0.3) is 0 Å². The molecule has 1 aliphatic heterocycles. The molecular formula is C22H24F4N2O. The minimum atomic E-state index is -4.33. The summed E-state index contributed by atoms with van der Waals surface area (Å²) in [5.74, 6) is -0.346. The number of likely N-dealkylation sites (tertiary alicyclic amines) is 1. The lowest BCUT2D eigenvalue weighted by Crippen LogP contribution is -2.47. The van der Waals surface area contributed by atoms with E-state index in [9.17, 15) is 22.4 Å². The molecule has 1 amide bonds. The highest BCUT2D eigenvalue weighted by Crippen LogP contribution is 2.30. The van der Waals surface area contributed by atoms with Crippen LogP contribution in [0.15, 0.2) is 48.5 Å². The van der Waals surface area contributed by atoms with Crippen LogP contribution >= 0.6 is 0 Å². The third-order valence-electron chi connectivity index (χ3n) is 5.29. The van der Waals surface area contributed by atoms with E-state index in [-0.39, 0.29) is 17.8 Å². The number of anilines is 1. The zero-order valence-electron chi connectivity index (χ0n) is 16.3. The maximum atomic E-state index is 13.3. The third-order valence-corrected chi connectivity index (χ3v) is 5.29. The van der Waals surface area contributed by atoms with Crippen molar-refractivity contribution in [2.24, 2.45) is 0 Å². The van der Waals surface area contributed by atoms with E-state index in [1.807, 2.05) is 0 Å². The molecular weight excluding hydrogens is 384 g/mol. The van der Waals surface area contributed by atoms with Crippen LogP contribution in [-0.2, 0) is 17.5 Å². The van der Waals surface area contributed by atoms with Crippen molar-refractivity contribution >= 4 is 11.6 Å². The van der Waals surface area contributed by atoms with E-state index in [0.29, 0.717) is 18.7 Å². The average Bonchev–Trinajstić information content (AvgIpc) is 2.70. The smallest absolute Gasteiger partial charge is 0.309 e. The topological polar surface area (TPSA) is 23.6 Å². The van der Waals surface area contributed by atoms with Gasteiger partial charge in [-0.15, -0.1) is 0 Å². The zero-order chi connectivity index (χ0) is 21.0. The SMILES string of the molecule is CCC(=O)N(c1ccc(F)cc1)C1CCN(Cc2ccc(C(F)(F)F)cc2)CC1. The quantitative estimate of drug-likeness (QED) is 0.631. The molecule has 0 radical (unpaired) electrons. The summed E-state index contributed by atoms with van der Waals surface area (Å²) in [6.07, 6.45) is -2.46. The minimum absolute atomic E-state index is 0.00204. The summed E-state index contributed by atoms with van der Waals surface area (Å²) < 4.78 is 51.3. The second-order valence-electron chi connectivity index (χ2n) is 7.30. The van der Waals surface area contributed by atoms with Crippen LogP contribution in [0.4, 0.5) is 23.2 Å². The van der Waals surface area contributed by atoms with Crippen LogP contribution in [0.1, 0.15) is 37.3 Å². The number of benzene rings is 2. The van der Waals surface area contributed by atoms with Gasteiger partial charge in [0, 0.05) is 37.8 Å². The van der Waals surface area contributed by atoms with Gasteiger partial charge in [0.25, 0.3) is 0 Å². The van der Waals surface area contributed by atoms with Gasteiger partial charge in [0.2, 0.25) is 5.91 Å². The van der Waals surface area contributed by atoms with Crippen LogP contribution < -0.4 is 4.90 Å². The van der Waals surface area contributed by atoms with Gasteiger partial charge in [0.15, 0.2) is 0 Å². The molecule has 1 aliphatic rings. The lowest BCUT2D eigenvalue weighted by atomic mass is 10.0. The Kier molecular flexibility index (Phi) is 6.57. The van der Waals surface area contributed by atoms with Crippen molar-refractivity contribution in [3.63, 3.8) is 0 Å². The molecule has 2 aromatic rings. The molecule has 3 rings (SSSR count). The van der Waals surface area contributed by atoms with Gasteiger partial charge < -0.3 is 4.90 Å². The molecule has 2 aromatic carbocycles. The van der Waals surface area contributed by atoms with E-state index in [1.165, 1.54) is 24.3 Å². The van der Waals surface area contributed by atoms with Crippen LogP contribution in [0.3, 0.4) is 0 Å². The summed E-state index contributed by atoms with van der Waals surface area (Å²) in [5, 5.41) is 0. The summed E-state index contributed by atoms with van der Waals surface area (Å²) in [5.41, 5.74) is 0.879. The number of nitrogens with zero attached hydrogens (tertiary/aromatic N) is 2. The number of hydrogen-bond acceptors (Lipinski definition) is 2. The molecule has 0 bridgehead atoms. The largest absolute Gasteiger partial charge is 0.416 e. The Morgan fingerprint density at radius 3 is 2.14 bits per heavy atom. The van der Waals surface area contributed by atoms with Crippen LogP contribution in [0.5, 0.6) is 0 Å². The van der Waals surface area contributed by atoms with Crippen LogP contribution in [-0.4, -0.2) is 29.9 Å². The van der Waals surface area contributed by atoms with Gasteiger partial charge in [-0.25, -0.2) is 4.39 Å². The van der Waals surface area contributed by atoms with Gasteiger partial charge >= 0.3 is 6.18 Å². The number of hydrogen-bond donors (Lipinski definition) is 0. The lowest BCUT2D eigenvalue weighted by Gasteiger charge is -2.38. The molecule has 0 spiro atoms. The van der Waals surface area contributed by atoms with E-state index < -0.39 is 11.7 Å². The highest BCUT2D eigenvalue weighted by molar-refractivity contribution is 5.93. The number of rotatable bonds is 5. The Hall–Kier alpha value is -2.41. The van der Waals surface area contributed by atoms with Gasteiger partial charge in [-0.3, -0.25) is 9.69 Å². The van der Waals surface area contributed by atoms with Crippen LogP contribution in [0.2, 0.25) is 0 Å². The van der Waals surface area contributed by atoms with E-state index >= 15 is 0 Å². The highest BCUT2D eigenvalue weighted by Gasteiger charge is 2.31. The van der Waals surface area contributed by atoms with Gasteiger partial charge in [-0.2, -0.15) is 13.2 Å². The maximum Gasteiger partial charge on any atom is 0.416 e. The Bertz CT molecular complexity index is 810. The van der Waals surface area contributed by atoms with Gasteiger partial charge in [-0.1, -0.05) is 19.1 Å². The van der Waals surface area contributed by atoms with E-state index in [2.05, 4.69) is 4.90 Å². The molecule has 0 aromatic heterocycles. The summed E-state index contributed by atoms with van der Waals surface area (Å²) in [6, 6.07) is 11.2. The Morgan fingerprint density at radius 1 is 1.03 bits per heavy atom. The third kappa shape index (κ3) is 5.35. The minimum Gasteiger partial charge on any atom is -0.309 e. The molecule has 1 heterocycles. The molecule has 0 N–H and O–H groups in total. The van der Waals surface area contributed by atoms with Crippen molar-refractivity contribution in [2.45, 2.75) is 44.9 Å². The predicted molar refractivity (Wildman–Crippen MR) is 104 cm³/mol. The predicted octanol–water partition coefficient (Wildman–Crippen LogP) is 5.25. The lowest BCUT2D eigenvalue weighted by molar-refractivity contribution is -0.137. The molecule has 0 aliphatic carbocycles. The fourth-order valence-electron chi connectivity index (χ4n) is 3.72. The summed E-state index contributed by atoms with van der Waals surface area (Å²) in [4.78, 5) is 16.4. The first-order valence-corrected chi connectivity index (χ1v) is 9.74. The zero-order valence-corrected chi connectivity index (χ0v) is 16.3. The fourth-order valence-corrected chi connectivity index (χ4v) is 3.72. The van der Waals surface area contributed by atoms with Crippen LogP contribution in [0, 0.1) is 5.82 Å². The van der Waals surface area contributed by atoms with Crippen molar-refractivity contribution in [1.82, 2.24) is 4.90 Å². The second kappa shape index (κ2) is 8.95. The maximum absolute atomic E-state index is 13.3. The molecule has 1 fully saturated rings. The summed E-state index contributed by atoms with van der Waals surface area (Å²) in [7, 11) is 0. The monoisotopic (exact) mass is 408 g/mol. The molecule has 3 nitrogen and oxygen atoms in total. The van der Waals surface area contributed by atoms with Crippen molar-refractivity contribution in [3.8, 4) is 0 Å². The van der Waals surface area contributed by atoms with E-state index in [4.69, 9.17) is 0 Å². The molecule has 1 saturated heterocycles. The molecule has 29 heavy (non-hydrogen) atoms. The standard InChI is InChI=1S/C22H24F4N2O/c1-2-21(29)28(19-9-7-18(23)8-10-19)20-11-13-27(14-12-20)15-16-3-5-17(6-4-16)22(24,25)26/h3-10,20H,2,11-15H2,1H3. The van der Waals surface area contributed by atoms with Gasteiger partial charge in [0.1, 0.15) is 5.82 Å². The number of piperidine rings is 1. The molecule has 0 saturated carbocycles. The van der Waals surface area contributed by atoms with Crippen molar-refractivity contribution in [1.29, 1.82) is 0 Å². The number of halogens is 4. The molecule has 7 heteroatoms. The number of carbonyl (C=O) groups excluding carboxylic acids is 1. The van der Waals surface area contributed by atoms with Crippen molar-refractivity contribution in [2.75, 3.05) is 18.0 Å². The first-order valence-electron chi connectivity index (χ1n) is 9.74.